The Hall–Kier alpha value is -3.05. The van der Waals surface area contributed by atoms with Crippen LogP contribution in [0.15, 0.2) is 72.4 Å². The van der Waals surface area contributed by atoms with Gasteiger partial charge in [-0.05, 0) is 5.56 Å². The summed E-state index contributed by atoms with van der Waals surface area (Å²) in [6.45, 7) is 0. The van der Waals surface area contributed by atoms with Crippen molar-refractivity contribution in [2.75, 3.05) is 0 Å². The lowest BCUT2D eigenvalue weighted by Gasteiger charge is -2.02. The van der Waals surface area contributed by atoms with Gasteiger partial charge in [-0.3, -0.25) is 4.40 Å². The summed E-state index contributed by atoms with van der Waals surface area (Å²) < 4.78 is 1.97. The molecule has 0 amide bonds. The molecule has 0 aliphatic rings. The summed E-state index contributed by atoms with van der Waals surface area (Å²) in [7, 11) is 0. The second-order valence-corrected chi connectivity index (χ2v) is 6.38. The lowest BCUT2D eigenvalue weighted by molar-refractivity contribution is 1.09. The predicted molar refractivity (Wildman–Crippen MR) is 97.0 cm³/mol. The molecule has 0 aliphatic carbocycles. The minimum Gasteiger partial charge on any atom is -0.265 e. The molecule has 4 nitrogen and oxygen atoms in total. The van der Waals surface area contributed by atoms with Crippen LogP contribution in [-0.4, -0.2) is 19.6 Å². The monoisotopic (exact) mass is 328 g/mol. The number of benzene rings is 2. The van der Waals surface area contributed by atoms with Gasteiger partial charge in [0.1, 0.15) is 11.2 Å². The van der Waals surface area contributed by atoms with E-state index >= 15 is 0 Å². The molecule has 0 radical (unpaired) electrons. The van der Waals surface area contributed by atoms with Crippen molar-refractivity contribution in [1.29, 1.82) is 0 Å². The first kappa shape index (κ1) is 13.4. The second-order valence-electron chi connectivity index (χ2n) is 5.52. The van der Waals surface area contributed by atoms with E-state index in [1.165, 1.54) is 5.56 Å². The van der Waals surface area contributed by atoms with Crippen LogP contribution in [0.4, 0.5) is 0 Å². The lowest BCUT2D eigenvalue weighted by Crippen LogP contribution is -1.91. The van der Waals surface area contributed by atoms with E-state index in [2.05, 4.69) is 32.7 Å². The second kappa shape index (κ2) is 5.25. The van der Waals surface area contributed by atoms with Crippen molar-refractivity contribution in [3.05, 3.63) is 72.4 Å². The number of rotatable bonds is 2. The lowest BCUT2D eigenvalue weighted by atomic mass is 10.1. The number of thiophene rings is 1. The standard InChI is InChI=1S/C19H12N4S/c1-3-7-13(8-4-1)15-11-24-19-16(15)18-22-21-17(23(18)12-20-19)14-9-5-2-6-10-14/h1-12H. The molecule has 5 heteroatoms. The maximum Gasteiger partial charge on any atom is 0.173 e. The van der Waals surface area contributed by atoms with Crippen molar-refractivity contribution in [1.82, 2.24) is 19.6 Å². The van der Waals surface area contributed by atoms with Crippen molar-refractivity contribution >= 4 is 27.2 Å². The molecule has 3 heterocycles. The largest absolute Gasteiger partial charge is 0.265 e. The Morgan fingerprint density at radius 3 is 2.25 bits per heavy atom. The topological polar surface area (TPSA) is 43.1 Å². The van der Waals surface area contributed by atoms with Gasteiger partial charge in [-0.2, -0.15) is 0 Å². The van der Waals surface area contributed by atoms with E-state index in [-0.39, 0.29) is 0 Å². The van der Waals surface area contributed by atoms with Crippen LogP contribution in [0.25, 0.3) is 38.4 Å². The summed E-state index contributed by atoms with van der Waals surface area (Å²) in [5, 5.41) is 12.1. The number of hydrogen-bond acceptors (Lipinski definition) is 4. The normalized spacial score (nSPS) is 11.3. The molecule has 0 spiro atoms. The first-order chi connectivity index (χ1) is 11.9. The number of fused-ring (bicyclic) bond motifs is 3. The molecule has 114 valence electrons. The highest BCUT2D eigenvalue weighted by atomic mass is 32.1. The van der Waals surface area contributed by atoms with Gasteiger partial charge in [0.2, 0.25) is 0 Å². The third-order valence-electron chi connectivity index (χ3n) is 4.10. The summed E-state index contributed by atoms with van der Waals surface area (Å²) in [5.41, 5.74) is 4.20. The van der Waals surface area contributed by atoms with Crippen LogP contribution < -0.4 is 0 Å². The van der Waals surface area contributed by atoms with Crippen LogP contribution in [-0.2, 0) is 0 Å². The Bertz CT molecular complexity index is 1140. The van der Waals surface area contributed by atoms with Gasteiger partial charge in [-0.15, -0.1) is 21.5 Å². The molecule has 0 bridgehead atoms. The summed E-state index contributed by atoms with van der Waals surface area (Å²) in [4.78, 5) is 5.60. The van der Waals surface area contributed by atoms with Crippen LogP contribution in [0.1, 0.15) is 0 Å². The summed E-state index contributed by atoms with van der Waals surface area (Å²) in [6, 6.07) is 20.4. The van der Waals surface area contributed by atoms with E-state index < -0.39 is 0 Å². The van der Waals surface area contributed by atoms with Gasteiger partial charge in [0.05, 0.1) is 5.39 Å². The molecule has 0 fully saturated rings. The zero-order valence-corrected chi connectivity index (χ0v) is 13.4. The average Bonchev–Trinajstić information content (AvgIpc) is 3.27. The Labute approximate surface area is 142 Å². The molecule has 0 saturated carbocycles. The quantitative estimate of drug-likeness (QED) is 0.473. The molecule has 0 unspecified atom stereocenters. The van der Waals surface area contributed by atoms with Crippen LogP contribution in [0, 0.1) is 0 Å². The fourth-order valence-electron chi connectivity index (χ4n) is 2.95. The van der Waals surface area contributed by atoms with Crippen LogP contribution in [0.3, 0.4) is 0 Å². The third-order valence-corrected chi connectivity index (χ3v) is 4.98. The zero-order chi connectivity index (χ0) is 15.9. The number of nitrogens with zero attached hydrogens (tertiary/aromatic N) is 4. The van der Waals surface area contributed by atoms with Crippen molar-refractivity contribution in [3.63, 3.8) is 0 Å². The molecular formula is C19H12N4S. The van der Waals surface area contributed by atoms with Crippen molar-refractivity contribution in [3.8, 4) is 22.5 Å². The molecule has 5 rings (SSSR count). The van der Waals surface area contributed by atoms with Gasteiger partial charge in [-0.1, -0.05) is 60.7 Å². The maximum atomic E-state index is 4.62. The summed E-state index contributed by atoms with van der Waals surface area (Å²) in [6.07, 6.45) is 1.81. The highest BCUT2D eigenvalue weighted by molar-refractivity contribution is 7.17. The van der Waals surface area contributed by atoms with E-state index in [0.717, 1.165) is 32.8 Å². The number of aromatic nitrogens is 4. The Balaban J connectivity index is 1.82. The number of hydrogen-bond donors (Lipinski definition) is 0. The minimum absolute atomic E-state index is 0.810. The molecule has 24 heavy (non-hydrogen) atoms. The van der Waals surface area contributed by atoms with E-state index in [0.29, 0.717) is 0 Å². The molecule has 0 N–H and O–H groups in total. The first-order valence-corrected chi connectivity index (χ1v) is 8.51. The molecule has 0 aliphatic heterocycles. The van der Waals surface area contributed by atoms with Crippen molar-refractivity contribution < 1.29 is 0 Å². The Morgan fingerprint density at radius 1 is 0.792 bits per heavy atom. The zero-order valence-electron chi connectivity index (χ0n) is 12.6. The van der Waals surface area contributed by atoms with Crippen LogP contribution in [0.2, 0.25) is 0 Å². The summed E-state index contributed by atoms with van der Waals surface area (Å²) >= 11 is 1.64. The van der Waals surface area contributed by atoms with E-state index in [1.807, 2.05) is 59.3 Å². The average molecular weight is 328 g/mol. The highest BCUT2D eigenvalue weighted by Crippen LogP contribution is 2.35. The van der Waals surface area contributed by atoms with Gasteiger partial charge in [0, 0.05) is 16.5 Å². The van der Waals surface area contributed by atoms with E-state index in [1.54, 1.807) is 11.3 Å². The molecule has 2 aromatic carbocycles. The molecular weight excluding hydrogens is 316 g/mol. The van der Waals surface area contributed by atoms with Crippen LogP contribution in [0.5, 0.6) is 0 Å². The van der Waals surface area contributed by atoms with Crippen molar-refractivity contribution in [2.45, 2.75) is 0 Å². The van der Waals surface area contributed by atoms with Gasteiger partial charge in [0.25, 0.3) is 0 Å². The smallest absolute Gasteiger partial charge is 0.173 e. The van der Waals surface area contributed by atoms with Gasteiger partial charge < -0.3 is 0 Å². The highest BCUT2D eigenvalue weighted by Gasteiger charge is 2.16. The van der Waals surface area contributed by atoms with Crippen LogP contribution >= 0.6 is 11.3 Å². The van der Waals surface area contributed by atoms with Crippen molar-refractivity contribution in [2.24, 2.45) is 0 Å². The van der Waals surface area contributed by atoms with E-state index in [9.17, 15) is 0 Å². The predicted octanol–water partition coefficient (Wildman–Crippen LogP) is 4.67. The molecule has 0 saturated heterocycles. The van der Waals surface area contributed by atoms with Gasteiger partial charge in [-0.25, -0.2) is 4.98 Å². The van der Waals surface area contributed by atoms with Gasteiger partial charge in [0.15, 0.2) is 11.5 Å². The SMILES string of the molecule is c1ccc(-c2csc3ncn4c(-c5ccccc5)nnc4c23)cc1. The first-order valence-electron chi connectivity index (χ1n) is 7.63. The maximum absolute atomic E-state index is 4.62. The minimum atomic E-state index is 0.810. The van der Waals surface area contributed by atoms with Gasteiger partial charge >= 0.3 is 0 Å². The third kappa shape index (κ3) is 1.95. The molecule has 0 atom stereocenters. The fourth-order valence-corrected chi connectivity index (χ4v) is 3.86. The summed E-state index contributed by atoms with van der Waals surface area (Å²) in [5.74, 6) is 0.810. The molecule has 3 aromatic heterocycles. The van der Waals surface area contributed by atoms with E-state index in [4.69, 9.17) is 0 Å². The molecule has 5 aromatic rings. The fraction of sp³-hybridized carbons (Fsp3) is 0. The Kier molecular flexibility index (Phi) is 2.93. The Morgan fingerprint density at radius 2 is 1.50 bits per heavy atom.